The Morgan fingerprint density at radius 3 is 2.68 bits per heavy atom. The summed E-state index contributed by atoms with van der Waals surface area (Å²) in [4.78, 5) is 26.3. The zero-order valence-corrected chi connectivity index (χ0v) is 17.4. The van der Waals surface area contributed by atoms with Crippen molar-refractivity contribution in [1.82, 2.24) is 20.4 Å². The van der Waals surface area contributed by atoms with Gasteiger partial charge in [-0.2, -0.15) is 5.10 Å². The lowest BCUT2D eigenvalue weighted by Gasteiger charge is -2.32. The first-order valence-corrected chi connectivity index (χ1v) is 10.5. The number of hydrogen-bond acceptors (Lipinski definition) is 3. The van der Waals surface area contributed by atoms with Crippen LogP contribution in [0.4, 0.5) is 0 Å². The van der Waals surface area contributed by atoms with Crippen LogP contribution in [-0.2, 0) is 11.3 Å². The van der Waals surface area contributed by atoms with Crippen LogP contribution in [0.3, 0.4) is 0 Å². The van der Waals surface area contributed by atoms with Gasteiger partial charge in [-0.05, 0) is 42.7 Å². The van der Waals surface area contributed by atoms with Crippen molar-refractivity contribution in [2.45, 2.75) is 25.3 Å². The molecule has 6 nitrogen and oxygen atoms in total. The van der Waals surface area contributed by atoms with E-state index < -0.39 is 0 Å². The molecule has 1 aliphatic heterocycles. The zero-order valence-electron chi connectivity index (χ0n) is 17.4. The maximum atomic E-state index is 13.0. The molecule has 0 saturated carbocycles. The van der Waals surface area contributed by atoms with Crippen LogP contribution in [-0.4, -0.2) is 40.0 Å². The summed E-state index contributed by atoms with van der Waals surface area (Å²) in [5, 5.41) is 10.4. The summed E-state index contributed by atoms with van der Waals surface area (Å²) in [7, 11) is 0. The molecule has 3 aromatic rings. The minimum absolute atomic E-state index is 0.0363. The predicted octanol–water partition coefficient (Wildman–Crippen LogP) is 3.90. The maximum Gasteiger partial charge on any atom is 0.253 e. The lowest BCUT2D eigenvalue weighted by atomic mass is 9.93. The first-order valence-electron chi connectivity index (χ1n) is 10.5. The first-order chi connectivity index (χ1) is 15.1. The summed E-state index contributed by atoms with van der Waals surface area (Å²) in [5.41, 5.74) is 4.68. The van der Waals surface area contributed by atoms with Crippen molar-refractivity contribution in [2.24, 2.45) is 0 Å². The average molecular weight is 415 g/mol. The second-order valence-corrected chi connectivity index (χ2v) is 7.78. The van der Waals surface area contributed by atoms with Gasteiger partial charge in [-0.25, -0.2) is 0 Å². The number of hydrogen-bond donors (Lipinski definition) is 2. The highest BCUT2D eigenvalue weighted by atomic mass is 16.2. The fourth-order valence-electron chi connectivity index (χ4n) is 3.93. The van der Waals surface area contributed by atoms with Crippen molar-refractivity contribution in [3.8, 4) is 11.3 Å². The molecule has 1 saturated heterocycles. The highest BCUT2D eigenvalue weighted by molar-refractivity contribution is 5.94. The van der Waals surface area contributed by atoms with E-state index in [9.17, 15) is 9.59 Å². The third kappa shape index (κ3) is 4.91. The van der Waals surface area contributed by atoms with E-state index in [-0.39, 0.29) is 17.7 Å². The molecule has 2 N–H and O–H groups in total. The topological polar surface area (TPSA) is 78.1 Å². The Labute approximate surface area is 182 Å². The van der Waals surface area contributed by atoms with Gasteiger partial charge in [0, 0.05) is 42.4 Å². The van der Waals surface area contributed by atoms with Crippen molar-refractivity contribution in [3.63, 3.8) is 0 Å². The van der Waals surface area contributed by atoms with Crippen LogP contribution in [0.2, 0.25) is 0 Å². The minimum atomic E-state index is -0.214. The SMILES string of the molecule is C=CC(=O)NCc1ccc(C(=O)N2CCCC(c3cc(-c4ccccc4)n[nH]3)C2)cc1. The number of likely N-dealkylation sites (tertiary alicyclic amines) is 1. The molecule has 2 heterocycles. The fraction of sp³-hybridized carbons (Fsp3) is 0.240. The molecule has 0 aliphatic carbocycles. The van der Waals surface area contributed by atoms with Crippen molar-refractivity contribution in [1.29, 1.82) is 0 Å². The summed E-state index contributed by atoms with van der Waals surface area (Å²) in [6.45, 7) is 5.28. The molecule has 158 valence electrons. The smallest absolute Gasteiger partial charge is 0.253 e. The van der Waals surface area contributed by atoms with Gasteiger partial charge in [-0.15, -0.1) is 0 Å². The molecule has 4 rings (SSSR count). The van der Waals surface area contributed by atoms with E-state index >= 15 is 0 Å². The Bertz CT molecular complexity index is 1060. The van der Waals surface area contributed by atoms with E-state index in [0.29, 0.717) is 18.7 Å². The van der Waals surface area contributed by atoms with Crippen LogP contribution < -0.4 is 5.32 Å². The van der Waals surface area contributed by atoms with Gasteiger partial charge in [-0.1, -0.05) is 49.0 Å². The quantitative estimate of drug-likeness (QED) is 0.601. The summed E-state index contributed by atoms with van der Waals surface area (Å²) in [5.74, 6) is 0.0685. The molecule has 1 aromatic heterocycles. The Morgan fingerprint density at radius 2 is 1.94 bits per heavy atom. The number of aromatic amines is 1. The number of piperidine rings is 1. The van der Waals surface area contributed by atoms with E-state index in [4.69, 9.17) is 0 Å². The van der Waals surface area contributed by atoms with Gasteiger partial charge in [0.2, 0.25) is 5.91 Å². The highest BCUT2D eigenvalue weighted by Gasteiger charge is 2.26. The maximum absolute atomic E-state index is 13.0. The predicted molar refractivity (Wildman–Crippen MR) is 120 cm³/mol. The first kappa shape index (κ1) is 20.6. The highest BCUT2D eigenvalue weighted by Crippen LogP contribution is 2.29. The molecule has 1 aliphatic rings. The number of nitrogens with one attached hydrogen (secondary N) is 2. The van der Waals surface area contributed by atoms with E-state index in [1.54, 1.807) is 0 Å². The molecule has 0 bridgehead atoms. The summed E-state index contributed by atoms with van der Waals surface area (Å²) in [6, 6.07) is 19.6. The Kier molecular flexibility index (Phi) is 6.26. The van der Waals surface area contributed by atoms with Gasteiger partial charge in [0.25, 0.3) is 5.91 Å². The number of nitrogens with zero attached hydrogens (tertiary/aromatic N) is 2. The number of H-pyrrole nitrogens is 1. The molecule has 6 heteroatoms. The molecule has 2 amide bonds. The molecule has 0 spiro atoms. The van der Waals surface area contributed by atoms with Crippen LogP contribution in [0.1, 0.15) is 40.4 Å². The van der Waals surface area contributed by atoms with Crippen molar-refractivity contribution in [3.05, 3.63) is 90.1 Å². The molecule has 31 heavy (non-hydrogen) atoms. The average Bonchev–Trinajstić information content (AvgIpc) is 3.33. The third-order valence-corrected chi connectivity index (χ3v) is 5.67. The largest absolute Gasteiger partial charge is 0.348 e. The molecular weight excluding hydrogens is 388 g/mol. The summed E-state index contributed by atoms with van der Waals surface area (Å²) in [6.07, 6.45) is 3.23. The lowest BCUT2D eigenvalue weighted by Crippen LogP contribution is -2.39. The van der Waals surface area contributed by atoms with Gasteiger partial charge in [-0.3, -0.25) is 14.7 Å². The molecule has 0 radical (unpaired) electrons. The Hall–Kier alpha value is -3.67. The van der Waals surface area contributed by atoms with Crippen molar-refractivity contribution >= 4 is 11.8 Å². The van der Waals surface area contributed by atoms with E-state index in [1.807, 2.05) is 59.5 Å². The fourth-order valence-corrected chi connectivity index (χ4v) is 3.93. The summed E-state index contributed by atoms with van der Waals surface area (Å²) < 4.78 is 0. The molecule has 1 unspecified atom stereocenters. The van der Waals surface area contributed by atoms with Crippen LogP contribution >= 0.6 is 0 Å². The van der Waals surface area contributed by atoms with Crippen molar-refractivity contribution in [2.75, 3.05) is 13.1 Å². The number of rotatable bonds is 6. The van der Waals surface area contributed by atoms with Gasteiger partial charge in [0.15, 0.2) is 0 Å². The Morgan fingerprint density at radius 1 is 1.16 bits per heavy atom. The number of aromatic nitrogens is 2. The van der Waals surface area contributed by atoms with Gasteiger partial charge >= 0.3 is 0 Å². The van der Waals surface area contributed by atoms with Crippen LogP contribution in [0.15, 0.2) is 73.3 Å². The van der Waals surface area contributed by atoms with Crippen molar-refractivity contribution < 1.29 is 9.59 Å². The minimum Gasteiger partial charge on any atom is -0.348 e. The van der Waals surface area contributed by atoms with E-state index in [2.05, 4.69) is 28.2 Å². The standard InChI is InChI=1S/C25H26N4O2/c1-2-24(30)26-16-18-10-12-20(13-11-18)25(31)29-14-6-9-21(17-29)23-15-22(27-28-23)19-7-4-3-5-8-19/h2-5,7-8,10-13,15,21H,1,6,9,14,16-17H2,(H,26,30)(H,27,28). The number of benzene rings is 2. The monoisotopic (exact) mass is 414 g/mol. The normalized spacial score (nSPS) is 16.0. The second-order valence-electron chi connectivity index (χ2n) is 7.78. The van der Waals surface area contributed by atoms with Gasteiger partial charge in [0.1, 0.15) is 0 Å². The number of amides is 2. The van der Waals surface area contributed by atoms with Crippen LogP contribution in [0.25, 0.3) is 11.3 Å². The third-order valence-electron chi connectivity index (χ3n) is 5.67. The van der Waals surface area contributed by atoms with Crippen LogP contribution in [0.5, 0.6) is 0 Å². The second kappa shape index (κ2) is 9.43. The van der Waals surface area contributed by atoms with E-state index in [0.717, 1.165) is 41.9 Å². The molecule has 2 aromatic carbocycles. The van der Waals surface area contributed by atoms with Crippen LogP contribution in [0, 0.1) is 0 Å². The summed E-state index contributed by atoms with van der Waals surface area (Å²) >= 11 is 0. The molecule has 1 fully saturated rings. The number of carbonyl (C=O) groups excluding carboxylic acids is 2. The van der Waals surface area contributed by atoms with Gasteiger partial charge < -0.3 is 10.2 Å². The Balaban J connectivity index is 1.40. The molecular formula is C25H26N4O2. The zero-order chi connectivity index (χ0) is 21.6. The lowest BCUT2D eigenvalue weighted by molar-refractivity contribution is -0.116. The number of carbonyl (C=O) groups is 2. The van der Waals surface area contributed by atoms with Gasteiger partial charge in [0.05, 0.1) is 5.69 Å². The molecule has 1 atom stereocenters. The van der Waals surface area contributed by atoms with E-state index in [1.165, 1.54) is 6.08 Å².